The summed E-state index contributed by atoms with van der Waals surface area (Å²) in [7, 11) is 0. The van der Waals surface area contributed by atoms with E-state index in [9.17, 15) is 14.4 Å². The third kappa shape index (κ3) is 56.0. The van der Waals surface area contributed by atoms with Crippen molar-refractivity contribution in [3.8, 4) is 0 Å². The van der Waals surface area contributed by atoms with Crippen LogP contribution in [0.15, 0.2) is 60.8 Å². The second-order valence-corrected chi connectivity index (χ2v) is 20.2. The van der Waals surface area contributed by atoms with Crippen LogP contribution in [0.3, 0.4) is 0 Å². The van der Waals surface area contributed by atoms with E-state index in [1.165, 1.54) is 167 Å². The number of rotatable bonds is 55. The van der Waals surface area contributed by atoms with E-state index in [4.69, 9.17) is 14.2 Å². The molecule has 0 spiro atoms. The summed E-state index contributed by atoms with van der Waals surface area (Å²) in [6.45, 7) is 6.54. The lowest BCUT2D eigenvalue weighted by Crippen LogP contribution is -2.30. The van der Waals surface area contributed by atoms with Crippen LogP contribution in [-0.2, 0) is 28.6 Å². The van der Waals surface area contributed by atoms with E-state index in [1.54, 1.807) is 0 Å². The molecule has 0 aromatic heterocycles. The fourth-order valence-electron chi connectivity index (χ4n) is 8.72. The van der Waals surface area contributed by atoms with Gasteiger partial charge in [0.1, 0.15) is 13.2 Å². The average molecular weight is 980 g/mol. The molecule has 0 heterocycles. The summed E-state index contributed by atoms with van der Waals surface area (Å²) in [4.78, 5) is 38.2. The average Bonchev–Trinajstić information content (AvgIpc) is 3.36. The fourth-order valence-corrected chi connectivity index (χ4v) is 8.72. The van der Waals surface area contributed by atoms with Gasteiger partial charge < -0.3 is 14.2 Å². The summed E-state index contributed by atoms with van der Waals surface area (Å²) in [6.07, 6.45) is 73.6. The van der Waals surface area contributed by atoms with Crippen LogP contribution in [0, 0.1) is 0 Å². The van der Waals surface area contributed by atoms with Crippen molar-refractivity contribution in [1.82, 2.24) is 0 Å². The summed E-state index contributed by atoms with van der Waals surface area (Å²) in [5, 5.41) is 0. The van der Waals surface area contributed by atoms with Crippen molar-refractivity contribution in [2.45, 2.75) is 316 Å². The Bertz CT molecular complexity index is 1260. The van der Waals surface area contributed by atoms with Gasteiger partial charge in [0.05, 0.1) is 0 Å². The first-order valence-electron chi connectivity index (χ1n) is 30.3. The van der Waals surface area contributed by atoms with Gasteiger partial charge in [-0.3, -0.25) is 14.4 Å². The first kappa shape index (κ1) is 67.1. The Morgan fingerprint density at radius 3 is 0.871 bits per heavy atom. The Balaban J connectivity index is 4.31. The van der Waals surface area contributed by atoms with Gasteiger partial charge in [-0.2, -0.15) is 0 Å². The maximum Gasteiger partial charge on any atom is 0.306 e. The predicted molar refractivity (Wildman–Crippen MR) is 302 cm³/mol. The lowest BCUT2D eigenvalue weighted by Gasteiger charge is -2.18. The van der Waals surface area contributed by atoms with Crippen LogP contribution in [-0.4, -0.2) is 37.2 Å². The molecule has 0 N–H and O–H groups in total. The highest BCUT2D eigenvalue weighted by Gasteiger charge is 2.19. The molecule has 1 unspecified atom stereocenters. The zero-order valence-corrected chi connectivity index (χ0v) is 46.5. The second-order valence-electron chi connectivity index (χ2n) is 20.2. The Hall–Kier alpha value is -2.89. The summed E-state index contributed by atoms with van der Waals surface area (Å²) in [5.74, 6) is -0.884. The topological polar surface area (TPSA) is 78.9 Å². The normalized spacial score (nSPS) is 12.4. The highest BCUT2D eigenvalue weighted by atomic mass is 16.6. The van der Waals surface area contributed by atoms with Crippen molar-refractivity contribution in [1.29, 1.82) is 0 Å². The standard InChI is InChI=1S/C64H114O6/c1-4-7-10-13-16-19-22-25-28-29-30-31-32-33-34-35-37-39-42-45-48-51-54-57-63(66)69-60-61(59-68-62(65)56-53-50-47-44-41-38-27-24-21-18-15-12-9-6-3)70-64(67)58-55-52-49-46-43-40-36-26-23-20-17-14-11-8-5-2/h8,11,17,20,22,25-26,29-30,36,61H,4-7,9-10,12-16,18-19,21,23-24,27-28,31-35,37-60H2,1-3H3/b11-8-,20-17-,25-22-,30-29-,36-26-. The van der Waals surface area contributed by atoms with Crippen LogP contribution < -0.4 is 0 Å². The van der Waals surface area contributed by atoms with Gasteiger partial charge in [-0.15, -0.1) is 0 Å². The molecule has 0 aliphatic heterocycles. The Kier molecular flexibility index (Phi) is 56.3. The molecular formula is C64H114O6. The molecule has 70 heavy (non-hydrogen) atoms. The van der Waals surface area contributed by atoms with E-state index in [1.807, 2.05) is 0 Å². The summed E-state index contributed by atoms with van der Waals surface area (Å²) < 4.78 is 16.9. The molecule has 1 atom stereocenters. The van der Waals surface area contributed by atoms with Gasteiger partial charge in [0, 0.05) is 19.3 Å². The number of carbonyl (C=O) groups is 3. The van der Waals surface area contributed by atoms with Crippen LogP contribution in [0.1, 0.15) is 310 Å². The SMILES string of the molecule is CC/C=C\C/C=C\C/C=C\CCCCCCCC(=O)OC(COC(=O)CCCCCCCCCCCCC/C=C\C/C=C\CCCCCCC)COC(=O)CCCCCCCCCCCCCCCC. The van der Waals surface area contributed by atoms with Crippen LogP contribution in [0.2, 0.25) is 0 Å². The molecule has 0 aromatic rings. The third-order valence-corrected chi connectivity index (χ3v) is 13.3. The van der Waals surface area contributed by atoms with Gasteiger partial charge in [-0.25, -0.2) is 0 Å². The Morgan fingerprint density at radius 1 is 0.300 bits per heavy atom. The minimum Gasteiger partial charge on any atom is -0.462 e. The first-order valence-corrected chi connectivity index (χ1v) is 30.3. The number of hydrogen-bond acceptors (Lipinski definition) is 6. The number of esters is 3. The van der Waals surface area contributed by atoms with Crippen molar-refractivity contribution >= 4 is 17.9 Å². The van der Waals surface area contributed by atoms with Gasteiger partial charge in [0.15, 0.2) is 6.10 Å². The van der Waals surface area contributed by atoms with Crippen molar-refractivity contribution in [3.05, 3.63) is 60.8 Å². The molecule has 0 aliphatic rings. The lowest BCUT2D eigenvalue weighted by molar-refractivity contribution is -0.167. The summed E-state index contributed by atoms with van der Waals surface area (Å²) in [5.41, 5.74) is 0. The van der Waals surface area contributed by atoms with Gasteiger partial charge in [0.25, 0.3) is 0 Å². The second kappa shape index (κ2) is 58.7. The largest absolute Gasteiger partial charge is 0.462 e. The van der Waals surface area contributed by atoms with Gasteiger partial charge >= 0.3 is 17.9 Å². The minimum atomic E-state index is -0.782. The van der Waals surface area contributed by atoms with Crippen LogP contribution >= 0.6 is 0 Å². The van der Waals surface area contributed by atoms with Crippen LogP contribution in [0.5, 0.6) is 0 Å². The molecule has 6 nitrogen and oxygen atoms in total. The van der Waals surface area contributed by atoms with Gasteiger partial charge in [-0.05, 0) is 83.5 Å². The molecule has 406 valence electrons. The highest BCUT2D eigenvalue weighted by Crippen LogP contribution is 2.16. The summed E-state index contributed by atoms with van der Waals surface area (Å²) >= 11 is 0. The molecule has 0 aliphatic carbocycles. The van der Waals surface area contributed by atoms with Crippen LogP contribution in [0.25, 0.3) is 0 Å². The van der Waals surface area contributed by atoms with E-state index in [0.29, 0.717) is 19.3 Å². The quantitative estimate of drug-likeness (QED) is 0.0261. The fraction of sp³-hybridized carbons (Fsp3) is 0.797. The van der Waals surface area contributed by atoms with Crippen LogP contribution in [0.4, 0.5) is 0 Å². The summed E-state index contributed by atoms with van der Waals surface area (Å²) in [6, 6.07) is 0. The molecular weight excluding hydrogens is 865 g/mol. The van der Waals surface area contributed by atoms with E-state index < -0.39 is 6.10 Å². The Labute approximate surface area is 434 Å². The van der Waals surface area contributed by atoms with Crippen molar-refractivity contribution in [2.24, 2.45) is 0 Å². The van der Waals surface area contributed by atoms with Gasteiger partial charge in [0.2, 0.25) is 0 Å². The zero-order valence-electron chi connectivity index (χ0n) is 46.5. The van der Waals surface area contributed by atoms with Gasteiger partial charge in [-0.1, -0.05) is 268 Å². The number of unbranched alkanes of at least 4 members (excludes halogenated alkanes) is 34. The van der Waals surface area contributed by atoms with Crippen molar-refractivity contribution < 1.29 is 28.6 Å². The maximum atomic E-state index is 12.9. The molecule has 0 rings (SSSR count). The monoisotopic (exact) mass is 979 g/mol. The molecule has 0 amide bonds. The van der Waals surface area contributed by atoms with Crippen molar-refractivity contribution in [3.63, 3.8) is 0 Å². The predicted octanol–water partition coefficient (Wildman–Crippen LogP) is 20.4. The smallest absolute Gasteiger partial charge is 0.306 e. The van der Waals surface area contributed by atoms with E-state index in [-0.39, 0.29) is 31.1 Å². The maximum absolute atomic E-state index is 12.9. The highest BCUT2D eigenvalue weighted by molar-refractivity contribution is 5.71. The van der Waals surface area contributed by atoms with E-state index >= 15 is 0 Å². The van der Waals surface area contributed by atoms with E-state index in [0.717, 1.165) is 103 Å². The van der Waals surface area contributed by atoms with Crippen molar-refractivity contribution in [2.75, 3.05) is 13.2 Å². The Morgan fingerprint density at radius 2 is 0.557 bits per heavy atom. The molecule has 0 aromatic carbocycles. The lowest BCUT2D eigenvalue weighted by atomic mass is 10.0. The molecule has 0 radical (unpaired) electrons. The number of allylic oxidation sites excluding steroid dienone is 10. The number of ether oxygens (including phenoxy) is 3. The molecule has 0 saturated heterocycles. The number of hydrogen-bond donors (Lipinski definition) is 0. The minimum absolute atomic E-state index is 0.0789. The first-order chi connectivity index (χ1) is 34.5. The molecule has 0 fully saturated rings. The van der Waals surface area contributed by atoms with E-state index in [2.05, 4.69) is 81.5 Å². The molecule has 0 bridgehead atoms. The molecule has 0 saturated carbocycles. The number of carbonyl (C=O) groups excluding carboxylic acids is 3. The molecule has 6 heteroatoms. The third-order valence-electron chi connectivity index (χ3n) is 13.3. The zero-order chi connectivity index (χ0) is 50.7.